The first-order valence-electron chi connectivity index (χ1n) is 9.33. The molecule has 1 saturated heterocycles. The Balaban J connectivity index is 1.65. The molecule has 2 aliphatic rings. The molecule has 0 bridgehead atoms. The maximum atomic E-state index is 12.5. The zero-order chi connectivity index (χ0) is 18.0. The van der Waals surface area contributed by atoms with E-state index in [1.165, 1.54) is 43.1 Å². The standard InChI is InChI=1S/C19H27N3O3/c1-13-7-8-17(22(24)25)19(14(13)2)20-18(23)12-21-10-9-15-5-3-4-6-16(15)11-21/h7-8,15-16H,3-6,9-12H2,1-2H3,(H,20,23)/p+1/t15-,16+/m0/s1. The van der Waals surface area contributed by atoms with Crippen LogP contribution in [0.1, 0.15) is 43.2 Å². The molecule has 0 radical (unpaired) electrons. The number of nitrogens with zero attached hydrogens (tertiary/aromatic N) is 1. The summed E-state index contributed by atoms with van der Waals surface area (Å²) in [6.07, 6.45) is 6.51. The van der Waals surface area contributed by atoms with Crippen molar-refractivity contribution < 1.29 is 14.6 Å². The van der Waals surface area contributed by atoms with Crippen LogP contribution < -0.4 is 10.2 Å². The number of likely N-dealkylation sites (tertiary alicyclic amines) is 1. The summed E-state index contributed by atoms with van der Waals surface area (Å²) < 4.78 is 0. The molecular weight excluding hydrogens is 318 g/mol. The van der Waals surface area contributed by atoms with E-state index in [1.54, 1.807) is 6.07 Å². The molecule has 136 valence electrons. The van der Waals surface area contributed by atoms with Crippen molar-refractivity contribution in [2.45, 2.75) is 46.0 Å². The molecule has 0 aromatic heterocycles. The number of nitro groups is 1. The molecule has 1 amide bonds. The monoisotopic (exact) mass is 346 g/mol. The molecule has 1 aromatic rings. The highest BCUT2D eigenvalue weighted by Crippen LogP contribution is 2.32. The Kier molecular flexibility index (Phi) is 5.37. The van der Waals surface area contributed by atoms with Gasteiger partial charge in [-0.15, -0.1) is 0 Å². The van der Waals surface area contributed by atoms with Gasteiger partial charge in [-0.3, -0.25) is 14.9 Å². The number of hydrogen-bond acceptors (Lipinski definition) is 3. The van der Waals surface area contributed by atoms with Gasteiger partial charge in [0.2, 0.25) is 0 Å². The maximum Gasteiger partial charge on any atom is 0.293 e. The van der Waals surface area contributed by atoms with E-state index in [4.69, 9.17) is 0 Å². The predicted octanol–water partition coefficient (Wildman–Crippen LogP) is 2.25. The first-order valence-corrected chi connectivity index (χ1v) is 9.33. The minimum Gasteiger partial charge on any atom is -0.327 e. The lowest BCUT2D eigenvalue weighted by Crippen LogP contribution is -3.15. The zero-order valence-corrected chi connectivity index (χ0v) is 15.1. The highest BCUT2D eigenvalue weighted by atomic mass is 16.6. The Morgan fingerprint density at radius 1 is 1.24 bits per heavy atom. The third-order valence-electron chi connectivity index (χ3n) is 6.07. The quantitative estimate of drug-likeness (QED) is 0.648. The summed E-state index contributed by atoms with van der Waals surface area (Å²) in [7, 11) is 0. The van der Waals surface area contributed by atoms with Crippen molar-refractivity contribution in [3.63, 3.8) is 0 Å². The fraction of sp³-hybridized carbons (Fsp3) is 0.632. The van der Waals surface area contributed by atoms with Crippen LogP contribution in [0.25, 0.3) is 0 Å². The largest absolute Gasteiger partial charge is 0.327 e. The Bertz CT molecular complexity index is 674. The lowest BCUT2D eigenvalue weighted by Gasteiger charge is -2.38. The van der Waals surface area contributed by atoms with Crippen LogP contribution in [0.15, 0.2) is 12.1 Å². The van der Waals surface area contributed by atoms with Gasteiger partial charge in [-0.25, -0.2) is 0 Å². The van der Waals surface area contributed by atoms with Crippen molar-refractivity contribution in [1.29, 1.82) is 0 Å². The summed E-state index contributed by atoms with van der Waals surface area (Å²) in [4.78, 5) is 24.7. The maximum absolute atomic E-state index is 12.5. The first-order chi connectivity index (χ1) is 12.0. The molecule has 0 spiro atoms. The van der Waals surface area contributed by atoms with Crippen LogP contribution in [0.2, 0.25) is 0 Å². The Morgan fingerprint density at radius 2 is 1.96 bits per heavy atom. The van der Waals surface area contributed by atoms with Gasteiger partial charge in [0.25, 0.3) is 11.6 Å². The molecule has 3 atom stereocenters. The molecule has 1 aromatic carbocycles. The molecule has 2 fully saturated rings. The highest BCUT2D eigenvalue weighted by Gasteiger charge is 2.34. The zero-order valence-electron chi connectivity index (χ0n) is 15.1. The smallest absolute Gasteiger partial charge is 0.293 e. The number of carbonyl (C=O) groups is 1. The normalized spacial score (nSPS) is 25.9. The highest BCUT2D eigenvalue weighted by molar-refractivity contribution is 5.95. The van der Waals surface area contributed by atoms with E-state index in [-0.39, 0.29) is 11.6 Å². The van der Waals surface area contributed by atoms with Crippen LogP contribution in [0.4, 0.5) is 11.4 Å². The fourth-order valence-corrected chi connectivity index (χ4v) is 4.48. The van der Waals surface area contributed by atoms with Crippen LogP contribution in [-0.2, 0) is 4.79 Å². The van der Waals surface area contributed by atoms with E-state index in [0.29, 0.717) is 12.2 Å². The van der Waals surface area contributed by atoms with Crippen molar-refractivity contribution in [3.05, 3.63) is 33.4 Å². The van der Waals surface area contributed by atoms with Gasteiger partial charge >= 0.3 is 0 Å². The number of fused-ring (bicyclic) bond motifs is 1. The summed E-state index contributed by atoms with van der Waals surface area (Å²) in [5.74, 6) is 1.47. The number of benzene rings is 1. The SMILES string of the molecule is Cc1ccc([N+](=O)[O-])c(NC(=O)C[NH+]2CC[C@@H]3CCCC[C@@H]3C2)c1C. The molecule has 1 aliphatic heterocycles. The van der Waals surface area contributed by atoms with Gasteiger partial charge in [-0.05, 0) is 50.2 Å². The van der Waals surface area contributed by atoms with Crippen molar-refractivity contribution in [2.24, 2.45) is 11.8 Å². The van der Waals surface area contributed by atoms with E-state index in [9.17, 15) is 14.9 Å². The second kappa shape index (κ2) is 7.52. The summed E-state index contributed by atoms with van der Waals surface area (Å²) >= 11 is 0. The van der Waals surface area contributed by atoms with Gasteiger partial charge in [0.15, 0.2) is 6.54 Å². The molecule has 6 heteroatoms. The number of anilines is 1. The van der Waals surface area contributed by atoms with Crippen molar-refractivity contribution in [3.8, 4) is 0 Å². The van der Waals surface area contributed by atoms with Crippen LogP contribution in [-0.4, -0.2) is 30.5 Å². The summed E-state index contributed by atoms with van der Waals surface area (Å²) in [6.45, 7) is 6.20. The Morgan fingerprint density at radius 3 is 2.68 bits per heavy atom. The van der Waals surface area contributed by atoms with Crippen LogP contribution in [0.3, 0.4) is 0 Å². The minimum absolute atomic E-state index is 0.0301. The number of quaternary nitrogens is 1. The van der Waals surface area contributed by atoms with Crippen LogP contribution in [0, 0.1) is 35.8 Å². The van der Waals surface area contributed by atoms with Crippen LogP contribution in [0.5, 0.6) is 0 Å². The number of piperidine rings is 1. The van der Waals surface area contributed by atoms with E-state index in [0.717, 1.165) is 36.1 Å². The third kappa shape index (κ3) is 4.00. The molecule has 1 saturated carbocycles. The van der Waals surface area contributed by atoms with Gasteiger partial charge < -0.3 is 10.2 Å². The van der Waals surface area contributed by atoms with Gasteiger partial charge in [-0.1, -0.05) is 18.9 Å². The van der Waals surface area contributed by atoms with Crippen LogP contribution >= 0.6 is 0 Å². The first kappa shape index (κ1) is 17.9. The topological polar surface area (TPSA) is 76.7 Å². The second-order valence-electron chi connectivity index (χ2n) is 7.68. The Labute approximate surface area is 148 Å². The molecular formula is C19H28N3O3+. The lowest BCUT2D eigenvalue weighted by molar-refractivity contribution is -0.902. The number of amides is 1. The molecule has 25 heavy (non-hydrogen) atoms. The summed E-state index contributed by atoms with van der Waals surface area (Å²) in [5, 5.41) is 14.1. The van der Waals surface area contributed by atoms with Crippen molar-refractivity contribution >= 4 is 17.3 Å². The van der Waals surface area contributed by atoms with E-state index >= 15 is 0 Å². The van der Waals surface area contributed by atoms with E-state index < -0.39 is 4.92 Å². The second-order valence-corrected chi connectivity index (χ2v) is 7.68. The van der Waals surface area contributed by atoms with Gasteiger partial charge in [0.1, 0.15) is 5.69 Å². The van der Waals surface area contributed by atoms with Crippen molar-refractivity contribution in [2.75, 3.05) is 25.0 Å². The van der Waals surface area contributed by atoms with E-state index in [1.807, 2.05) is 13.8 Å². The third-order valence-corrected chi connectivity index (χ3v) is 6.07. The van der Waals surface area contributed by atoms with E-state index in [2.05, 4.69) is 5.32 Å². The predicted molar refractivity (Wildman–Crippen MR) is 96.8 cm³/mol. The minimum atomic E-state index is -0.428. The Hall–Kier alpha value is -1.95. The number of aryl methyl sites for hydroxylation is 1. The number of carbonyl (C=O) groups excluding carboxylic acids is 1. The average Bonchev–Trinajstić information content (AvgIpc) is 2.58. The average molecular weight is 346 g/mol. The molecule has 1 aliphatic carbocycles. The molecule has 3 rings (SSSR count). The van der Waals surface area contributed by atoms with Gasteiger partial charge in [0, 0.05) is 12.0 Å². The molecule has 1 unspecified atom stereocenters. The molecule has 6 nitrogen and oxygen atoms in total. The number of hydrogen-bond donors (Lipinski definition) is 2. The number of rotatable bonds is 4. The number of nitro benzene ring substituents is 1. The van der Waals surface area contributed by atoms with Crippen molar-refractivity contribution in [1.82, 2.24) is 0 Å². The number of nitrogens with one attached hydrogen (secondary N) is 2. The van der Waals surface area contributed by atoms with Gasteiger partial charge in [-0.2, -0.15) is 0 Å². The summed E-state index contributed by atoms with van der Waals surface area (Å²) in [6, 6.07) is 3.19. The fourth-order valence-electron chi connectivity index (χ4n) is 4.48. The van der Waals surface area contributed by atoms with Gasteiger partial charge in [0.05, 0.1) is 18.0 Å². The molecule has 2 N–H and O–H groups in total. The molecule has 1 heterocycles. The summed E-state index contributed by atoms with van der Waals surface area (Å²) in [5.41, 5.74) is 2.03. The lowest BCUT2D eigenvalue weighted by atomic mass is 9.75.